The minimum absolute atomic E-state index is 0.0439. The predicted octanol–water partition coefficient (Wildman–Crippen LogP) is 11.6. The van der Waals surface area contributed by atoms with E-state index in [2.05, 4.69) is 29.9 Å². The largest absolute Gasteiger partial charge is 0.419 e. The van der Waals surface area contributed by atoms with Crippen LogP contribution in [0.15, 0.2) is 95.2 Å². The highest BCUT2D eigenvalue weighted by molar-refractivity contribution is 6.07. The Hall–Kier alpha value is -6.41. The molecule has 4 heterocycles. The lowest BCUT2D eigenvalue weighted by Crippen LogP contribution is -2.17. The third kappa shape index (κ3) is 7.79. The van der Waals surface area contributed by atoms with Gasteiger partial charge in [-0.15, -0.1) is 0 Å². The second kappa shape index (κ2) is 13.9. The van der Waals surface area contributed by atoms with Gasteiger partial charge >= 0.3 is 30.9 Å². The average Bonchev–Trinajstić information content (AvgIpc) is 3.67. The first-order valence-corrected chi connectivity index (χ1v) is 16.4. The van der Waals surface area contributed by atoms with E-state index in [9.17, 15) is 39.5 Å². The van der Waals surface area contributed by atoms with Crippen molar-refractivity contribution in [1.82, 2.24) is 19.9 Å². The zero-order chi connectivity index (χ0) is 43.0. The summed E-state index contributed by atoms with van der Waals surface area (Å²) in [6.07, 6.45) is -25.5. The van der Waals surface area contributed by atoms with E-state index in [-0.39, 0.29) is 23.8 Å². The minimum Gasteiger partial charge on any atom is -0.245 e. The predicted molar refractivity (Wildman–Crippen MR) is 179 cm³/mol. The summed E-state index contributed by atoms with van der Waals surface area (Å²) in [5.41, 5.74) is -16.9. The SMILES string of the molecule is Cc1cc(-c2nc3c(C(F)(F)F)c4c(=Nc5ccccn5)c(-c5cc(C(F)(F)F)cc(C(F)(F)F)c5)nc4c(C(F)(F)F)c3c2=Nc2ccccn2)cc(C(F)(F)F)c1. The van der Waals surface area contributed by atoms with Crippen molar-refractivity contribution in [1.29, 1.82) is 0 Å². The van der Waals surface area contributed by atoms with Crippen LogP contribution in [0.1, 0.15) is 33.4 Å². The van der Waals surface area contributed by atoms with Gasteiger partial charge in [0.25, 0.3) is 0 Å². The number of hydrogen-bond donors (Lipinski definition) is 0. The third-order valence-corrected chi connectivity index (χ3v) is 8.67. The van der Waals surface area contributed by atoms with E-state index in [0.717, 1.165) is 30.6 Å². The first-order chi connectivity index (χ1) is 27.3. The molecule has 0 saturated carbocycles. The molecule has 0 spiro atoms. The zero-order valence-corrected chi connectivity index (χ0v) is 28.9. The number of pyridine rings is 2. The van der Waals surface area contributed by atoms with Crippen molar-refractivity contribution in [3.8, 4) is 22.5 Å². The fraction of sp³-hybridized carbons (Fsp3) is 0.158. The monoisotopic (exact) mass is 842 g/mol. The fourth-order valence-corrected chi connectivity index (χ4v) is 6.39. The van der Waals surface area contributed by atoms with Crippen LogP contribution in [0.5, 0.6) is 0 Å². The quantitative estimate of drug-likeness (QED) is 0.165. The standard InChI is InChI=1S/C38H17F15N6/c1-16-10-17(12-19(11-16)34(39,40)41)28-32(56-22-6-2-4-8-54-22)24-26(37(48,49)50)31-25(27(30(24)58-28)38(51,52)53)33(57-23-7-3-5-9-55-23)29(59-31)18-13-20(35(42,43)44)15-21(14-18)36(45,46)47/h2-15H,1H3. The molecule has 0 atom stereocenters. The maximum Gasteiger partial charge on any atom is 0.419 e. The van der Waals surface area contributed by atoms with Crippen LogP contribution >= 0.6 is 0 Å². The summed E-state index contributed by atoms with van der Waals surface area (Å²) < 4.78 is 220. The lowest BCUT2D eigenvalue weighted by molar-refractivity contribution is -0.143. The molecule has 0 aliphatic heterocycles. The highest BCUT2D eigenvalue weighted by Crippen LogP contribution is 2.47. The minimum atomic E-state index is -5.78. The van der Waals surface area contributed by atoms with Crippen LogP contribution in [0, 0.1) is 6.92 Å². The highest BCUT2D eigenvalue weighted by atomic mass is 19.4. The van der Waals surface area contributed by atoms with Crippen LogP contribution in [-0.2, 0) is 30.9 Å². The van der Waals surface area contributed by atoms with Gasteiger partial charge in [0.1, 0.15) is 10.7 Å². The molecule has 3 aromatic carbocycles. The number of rotatable bonds is 4. The van der Waals surface area contributed by atoms with E-state index in [1.165, 1.54) is 31.2 Å². The fourth-order valence-electron chi connectivity index (χ4n) is 6.39. The molecule has 7 rings (SSSR count). The molecule has 0 aliphatic rings. The van der Waals surface area contributed by atoms with Crippen LogP contribution < -0.4 is 10.7 Å². The molecule has 0 bridgehead atoms. The molecule has 0 fully saturated rings. The van der Waals surface area contributed by atoms with E-state index in [0.29, 0.717) is 12.1 Å². The van der Waals surface area contributed by atoms with Gasteiger partial charge in [-0.3, -0.25) is 0 Å². The van der Waals surface area contributed by atoms with E-state index in [4.69, 9.17) is 0 Å². The Labute approximate surface area is 318 Å². The van der Waals surface area contributed by atoms with Crippen molar-refractivity contribution in [3.63, 3.8) is 0 Å². The lowest BCUT2D eigenvalue weighted by Gasteiger charge is -2.14. The summed E-state index contributed by atoms with van der Waals surface area (Å²) in [6, 6.07) is 9.10. The van der Waals surface area contributed by atoms with Crippen molar-refractivity contribution < 1.29 is 65.9 Å². The second-order valence-corrected chi connectivity index (χ2v) is 12.8. The molecular weight excluding hydrogens is 825 g/mol. The maximum absolute atomic E-state index is 15.6. The molecule has 4 aromatic heterocycles. The van der Waals surface area contributed by atoms with Gasteiger partial charge in [-0.25, -0.2) is 29.9 Å². The van der Waals surface area contributed by atoms with Crippen LogP contribution in [-0.4, -0.2) is 19.9 Å². The number of benzene rings is 3. The molecule has 6 nitrogen and oxygen atoms in total. The topological polar surface area (TPSA) is 76.3 Å². The Morgan fingerprint density at radius 2 is 0.814 bits per heavy atom. The van der Waals surface area contributed by atoms with E-state index in [1.54, 1.807) is 0 Å². The average molecular weight is 843 g/mol. The van der Waals surface area contributed by atoms with Gasteiger partial charge in [-0.2, -0.15) is 65.9 Å². The molecule has 0 saturated heterocycles. The highest BCUT2D eigenvalue weighted by Gasteiger charge is 2.46. The van der Waals surface area contributed by atoms with Crippen LogP contribution in [0.3, 0.4) is 0 Å². The Bertz CT molecular complexity index is 2820. The Morgan fingerprint density at radius 3 is 1.15 bits per heavy atom. The molecule has 0 aliphatic carbocycles. The number of aromatic nitrogens is 4. The molecule has 21 heteroatoms. The Balaban J connectivity index is 1.79. The van der Waals surface area contributed by atoms with E-state index < -0.39 is 125 Å². The number of halogens is 15. The summed E-state index contributed by atoms with van der Waals surface area (Å²) in [5.74, 6) is -1.01. The van der Waals surface area contributed by atoms with Crippen molar-refractivity contribution in [2.75, 3.05) is 0 Å². The lowest BCUT2D eigenvalue weighted by atomic mass is 9.97. The summed E-state index contributed by atoms with van der Waals surface area (Å²) >= 11 is 0. The van der Waals surface area contributed by atoms with Crippen molar-refractivity contribution >= 4 is 33.4 Å². The number of nitrogens with zero attached hydrogens (tertiary/aromatic N) is 6. The number of alkyl halides is 15. The first kappa shape index (κ1) is 40.8. The molecule has 0 N–H and O–H groups in total. The molecule has 304 valence electrons. The summed E-state index contributed by atoms with van der Waals surface area (Å²) in [7, 11) is 0. The molecule has 0 radical (unpaired) electrons. The number of aryl methyl sites for hydroxylation is 1. The van der Waals surface area contributed by atoms with Crippen molar-refractivity contribution in [2.45, 2.75) is 37.8 Å². The van der Waals surface area contributed by atoms with Crippen molar-refractivity contribution in [3.05, 3.63) is 129 Å². The van der Waals surface area contributed by atoms with Gasteiger partial charge in [-0.1, -0.05) is 12.1 Å². The van der Waals surface area contributed by atoms with Gasteiger partial charge in [0.2, 0.25) is 0 Å². The molecule has 0 amide bonds. The second-order valence-electron chi connectivity index (χ2n) is 12.8. The van der Waals surface area contributed by atoms with Crippen LogP contribution in [0.4, 0.5) is 77.5 Å². The third-order valence-electron chi connectivity index (χ3n) is 8.67. The van der Waals surface area contributed by atoms with Gasteiger partial charge in [-0.05, 0) is 73.2 Å². The smallest absolute Gasteiger partial charge is 0.245 e. The number of fused-ring (bicyclic) bond motifs is 2. The summed E-state index contributed by atoms with van der Waals surface area (Å²) in [5, 5.41) is -5.39. The molecule has 59 heavy (non-hydrogen) atoms. The first-order valence-electron chi connectivity index (χ1n) is 16.4. The van der Waals surface area contributed by atoms with Crippen LogP contribution in [0.2, 0.25) is 0 Å². The van der Waals surface area contributed by atoms with Gasteiger partial charge < -0.3 is 0 Å². The summed E-state index contributed by atoms with van der Waals surface area (Å²) in [4.78, 5) is 23.1. The van der Waals surface area contributed by atoms with Gasteiger partial charge in [0, 0.05) is 34.3 Å². The summed E-state index contributed by atoms with van der Waals surface area (Å²) in [6.45, 7) is 1.17. The maximum atomic E-state index is 15.6. The van der Waals surface area contributed by atoms with Gasteiger partial charge in [0.05, 0.1) is 50.2 Å². The molecule has 0 unspecified atom stereocenters. The van der Waals surface area contributed by atoms with E-state index >= 15 is 26.3 Å². The van der Waals surface area contributed by atoms with Crippen LogP contribution in [0.25, 0.3) is 44.3 Å². The Morgan fingerprint density at radius 1 is 0.441 bits per heavy atom. The Kier molecular flexibility index (Phi) is 9.58. The van der Waals surface area contributed by atoms with E-state index in [1.807, 2.05) is 0 Å². The zero-order valence-electron chi connectivity index (χ0n) is 28.9. The normalized spacial score (nSPS) is 14.0. The molecular formula is C38H17F15N6. The number of hydrogen-bond acceptors (Lipinski definition) is 6. The van der Waals surface area contributed by atoms with Gasteiger partial charge in [0.15, 0.2) is 11.6 Å². The van der Waals surface area contributed by atoms with Crippen molar-refractivity contribution in [2.24, 2.45) is 9.98 Å². The molecule has 7 aromatic rings.